The zero-order valence-corrected chi connectivity index (χ0v) is 27.6. The number of aliphatic imine (C=N–C) groups is 1. The number of hydrogen-bond donors (Lipinski definition) is 6. The lowest BCUT2D eigenvalue weighted by Crippen LogP contribution is -2.50. The van der Waals surface area contributed by atoms with Crippen molar-refractivity contribution >= 4 is 64.6 Å². The highest BCUT2D eigenvalue weighted by atomic mass is 35.5. The number of halogens is 2. The molecule has 15 heteroatoms. The molecule has 0 aliphatic heterocycles. The Morgan fingerprint density at radius 2 is 1.58 bits per heavy atom. The molecular weight excluding hydrogens is 663 g/mol. The van der Waals surface area contributed by atoms with Crippen LogP contribution in [0.25, 0.3) is 11.1 Å². The van der Waals surface area contributed by atoms with Gasteiger partial charge in [-0.1, -0.05) is 85.8 Å². The highest BCUT2D eigenvalue weighted by Gasteiger charge is 2.25. The molecule has 3 rings (SSSR count). The summed E-state index contributed by atoms with van der Waals surface area (Å²) in [5.74, 6) is -3.86. The summed E-state index contributed by atoms with van der Waals surface area (Å²) >= 11 is 12.7. The number of alkyl carbamates (subject to hydrolysis) is 1. The van der Waals surface area contributed by atoms with Crippen molar-refractivity contribution in [1.29, 1.82) is 0 Å². The third-order valence-corrected chi connectivity index (χ3v) is 7.31. The molecule has 0 unspecified atom stereocenters. The number of ether oxygens (including phenoxy) is 1. The number of nitrogens with one attached hydrogen (secondary N) is 4. The fraction of sp³-hybridized carbons (Fsp3) is 0.273. The molecule has 4 amide bonds. The highest BCUT2D eigenvalue weighted by molar-refractivity contribution is 6.40. The van der Waals surface area contributed by atoms with Crippen LogP contribution in [0.15, 0.2) is 71.7 Å². The zero-order valence-electron chi connectivity index (χ0n) is 26.1. The van der Waals surface area contributed by atoms with Crippen molar-refractivity contribution in [2.75, 3.05) is 19.7 Å². The predicted molar refractivity (Wildman–Crippen MR) is 182 cm³/mol. The number of nitrogens with two attached hydrogens (primary N) is 1. The first-order valence-corrected chi connectivity index (χ1v) is 15.7. The lowest BCUT2D eigenvalue weighted by Gasteiger charge is -2.17. The van der Waals surface area contributed by atoms with Crippen molar-refractivity contribution in [1.82, 2.24) is 21.3 Å². The molecule has 0 aromatic heterocycles. The highest BCUT2D eigenvalue weighted by Crippen LogP contribution is 2.31. The van der Waals surface area contributed by atoms with E-state index in [1.54, 1.807) is 18.2 Å². The molecule has 0 saturated heterocycles. The van der Waals surface area contributed by atoms with E-state index in [0.29, 0.717) is 5.56 Å². The second-order valence-corrected chi connectivity index (χ2v) is 11.2. The van der Waals surface area contributed by atoms with Crippen LogP contribution >= 0.6 is 23.2 Å². The number of rotatable bonds is 15. The standard InChI is InChI=1S/C33H36Cl2N6O7/c1-2-3-4-8-14-48-33(47)41-32(36)39-23-13-9-12-21(15-23)29(43)38-19-27(42)37-18-26(31(45)46)40-30(44)28-24(34)16-22(17-25(28)35)20-10-6-5-7-11-20/h5-7,9-13,15-17,26H,2-4,8,14,18-19H2,1H3,(H,37,42)(H,38,43)(H,40,44)(H,45,46)(H3,36,39,41,47)/t26-/m0/s1. The van der Waals surface area contributed by atoms with Gasteiger partial charge in [0.05, 0.1) is 34.4 Å². The van der Waals surface area contributed by atoms with Gasteiger partial charge < -0.3 is 31.5 Å². The van der Waals surface area contributed by atoms with E-state index in [-0.39, 0.29) is 39.4 Å². The average Bonchev–Trinajstić information content (AvgIpc) is 3.05. The van der Waals surface area contributed by atoms with Crippen molar-refractivity contribution in [2.24, 2.45) is 10.7 Å². The molecule has 0 aliphatic rings. The van der Waals surface area contributed by atoms with E-state index in [9.17, 15) is 29.1 Å². The predicted octanol–water partition coefficient (Wildman–Crippen LogP) is 4.64. The summed E-state index contributed by atoms with van der Waals surface area (Å²) in [7, 11) is 0. The molecule has 0 fully saturated rings. The number of carbonyl (C=O) groups is 5. The van der Waals surface area contributed by atoms with Gasteiger partial charge in [0.25, 0.3) is 11.8 Å². The van der Waals surface area contributed by atoms with E-state index in [2.05, 4.69) is 33.2 Å². The third kappa shape index (κ3) is 11.9. The number of carboxylic acid groups (broad SMARTS) is 1. The average molecular weight is 700 g/mol. The van der Waals surface area contributed by atoms with Crippen LogP contribution in [0.2, 0.25) is 10.0 Å². The fourth-order valence-electron chi connectivity index (χ4n) is 4.28. The summed E-state index contributed by atoms with van der Waals surface area (Å²) in [4.78, 5) is 65.8. The van der Waals surface area contributed by atoms with E-state index >= 15 is 0 Å². The van der Waals surface area contributed by atoms with Gasteiger partial charge >= 0.3 is 12.1 Å². The van der Waals surface area contributed by atoms with Crippen LogP contribution in [0.1, 0.15) is 53.3 Å². The number of guanidine groups is 1. The van der Waals surface area contributed by atoms with Crippen LogP contribution in [0, 0.1) is 0 Å². The third-order valence-electron chi connectivity index (χ3n) is 6.71. The maximum absolute atomic E-state index is 12.9. The quantitative estimate of drug-likeness (QED) is 0.0748. The van der Waals surface area contributed by atoms with Gasteiger partial charge in [-0.05, 0) is 47.9 Å². The maximum Gasteiger partial charge on any atom is 0.413 e. The first kappa shape index (κ1) is 37.3. The van der Waals surface area contributed by atoms with Gasteiger partial charge in [0.2, 0.25) is 11.9 Å². The molecule has 13 nitrogen and oxygen atoms in total. The largest absolute Gasteiger partial charge is 0.480 e. The lowest BCUT2D eigenvalue weighted by atomic mass is 10.0. The molecule has 0 aliphatic carbocycles. The Kier molecular flexibility index (Phi) is 14.7. The Hall–Kier alpha value is -5.14. The number of amides is 4. The van der Waals surface area contributed by atoms with Crippen molar-refractivity contribution in [3.63, 3.8) is 0 Å². The fourth-order valence-corrected chi connectivity index (χ4v) is 4.94. The van der Waals surface area contributed by atoms with Gasteiger partial charge in [-0.2, -0.15) is 0 Å². The Morgan fingerprint density at radius 1 is 0.875 bits per heavy atom. The maximum atomic E-state index is 12.9. The van der Waals surface area contributed by atoms with Gasteiger partial charge in [0.1, 0.15) is 6.04 Å². The van der Waals surface area contributed by atoms with Crippen molar-refractivity contribution in [3.05, 3.63) is 87.9 Å². The minimum Gasteiger partial charge on any atom is -0.480 e. The zero-order chi connectivity index (χ0) is 35.1. The molecular formula is C33H36Cl2N6O7. The molecule has 7 N–H and O–H groups in total. The van der Waals surface area contributed by atoms with Crippen LogP contribution in [0.4, 0.5) is 10.5 Å². The molecule has 3 aromatic rings. The summed E-state index contributed by atoms with van der Waals surface area (Å²) in [6.45, 7) is 1.33. The van der Waals surface area contributed by atoms with Gasteiger partial charge in [-0.25, -0.2) is 14.6 Å². The van der Waals surface area contributed by atoms with Gasteiger partial charge in [-0.15, -0.1) is 0 Å². The molecule has 254 valence electrons. The monoisotopic (exact) mass is 698 g/mol. The molecule has 3 aromatic carbocycles. The van der Waals surface area contributed by atoms with Crippen LogP contribution < -0.4 is 27.0 Å². The minimum atomic E-state index is -1.54. The Morgan fingerprint density at radius 3 is 2.25 bits per heavy atom. The van der Waals surface area contributed by atoms with Crippen LogP contribution in [-0.2, 0) is 14.3 Å². The first-order valence-electron chi connectivity index (χ1n) is 15.0. The Labute approximate surface area is 287 Å². The molecule has 0 saturated carbocycles. The second-order valence-electron chi connectivity index (χ2n) is 10.4. The van der Waals surface area contributed by atoms with E-state index in [1.807, 2.05) is 30.3 Å². The molecule has 1 atom stereocenters. The number of carboxylic acids is 1. The molecule has 0 spiro atoms. The summed E-state index contributed by atoms with van der Waals surface area (Å²) in [6, 6.07) is 16.7. The number of carbonyl (C=O) groups excluding carboxylic acids is 4. The molecule has 48 heavy (non-hydrogen) atoms. The smallest absolute Gasteiger partial charge is 0.413 e. The number of aliphatic carboxylic acids is 1. The molecule has 0 bridgehead atoms. The normalized spacial score (nSPS) is 11.6. The minimum absolute atomic E-state index is 0.0131. The number of nitrogens with zero attached hydrogens (tertiary/aromatic N) is 1. The second kappa shape index (κ2) is 18.9. The van der Waals surface area contributed by atoms with Gasteiger partial charge in [-0.3, -0.25) is 19.7 Å². The Balaban J connectivity index is 1.50. The first-order chi connectivity index (χ1) is 23.0. The lowest BCUT2D eigenvalue weighted by molar-refractivity contribution is -0.139. The summed E-state index contributed by atoms with van der Waals surface area (Å²) in [5, 5.41) is 19.0. The van der Waals surface area contributed by atoms with E-state index in [4.69, 9.17) is 33.7 Å². The number of benzene rings is 3. The van der Waals surface area contributed by atoms with E-state index in [1.165, 1.54) is 18.2 Å². The topological polar surface area (TPSA) is 201 Å². The summed E-state index contributed by atoms with van der Waals surface area (Å²) < 4.78 is 5.05. The number of unbranched alkanes of at least 4 members (excludes halogenated alkanes) is 3. The summed E-state index contributed by atoms with van der Waals surface area (Å²) in [6.07, 6.45) is 3.04. The van der Waals surface area contributed by atoms with Crippen LogP contribution in [0.3, 0.4) is 0 Å². The summed E-state index contributed by atoms with van der Waals surface area (Å²) in [5.41, 5.74) is 7.52. The molecule has 0 radical (unpaired) electrons. The molecule has 0 heterocycles. The van der Waals surface area contributed by atoms with E-state index in [0.717, 1.165) is 31.2 Å². The SMILES string of the molecule is CCCCCCOC(=O)NC(N)=Nc1cccc(C(=O)NCC(=O)NC[C@H](NC(=O)c2c(Cl)cc(-c3ccccc3)cc2Cl)C(=O)O)c1. The van der Waals surface area contributed by atoms with Crippen LogP contribution in [-0.4, -0.2) is 66.6 Å². The van der Waals surface area contributed by atoms with Crippen molar-refractivity contribution < 1.29 is 33.8 Å². The Bertz CT molecular complexity index is 1630. The van der Waals surface area contributed by atoms with Gasteiger partial charge in [0, 0.05) is 12.1 Å². The van der Waals surface area contributed by atoms with Gasteiger partial charge in [0.15, 0.2) is 0 Å². The van der Waals surface area contributed by atoms with Crippen molar-refractivity contribution in [2.45, 2.75) is 38.6 Å². The number of hydrogen-bond acceptors (Lipinski definition) is 7. The van der Waals surface area contributed by atoms with E-state index < -0.39 is 48.9 Å². The van der Waals surface area contributed by atoms with Crippen LogP contribution in [0.5, 0.6) is 0 Å². The van der Waals surface area contributed by atoms with Crippen molar-refractivity contribution in [3.8, 4) is 11.1 Å².